The van der Waals surface area contributed by atoms with Crippen LogP contribution in [0.1, 0.15) is 23.1 Å². The van der Waals surface area contributed by atoms with Gasteiger partial charge in [0, 0.05) is 31.7 Å². The first kappa shape index (κ1) is 29.2. The van der Waals surface area contributed by atoms with E-state index in [9.17, 15) is 22.4 Å². The van der Waals surface area contributed by atoms with Crippen LogP contribution in [0.3, 0.4) is 0 Å². The topological polar surface area (TPSA) is 98.7 Å². The molecule has 2 aromatic carbocycles. The van der Waals surface area contributed by atoms with Crippen molar-refractivity contribution in [3.63, 3.8) is 0 Å². The van der Waals surface area contributed by atoms with Crippen molar-refractivity contribution in [2.24, 2.45) is 5.92 Å². The first-order valence-corrected chi connectivity index (χ1v) is 12.7. The number of hydrogen-bond donors (Lipinski definition) is 3. The molecule has 216 valence electrons. The Labute approximate surface area is 228 Å². The zero-order valence-corrected chi connectivity index (χ0v) is 22.1. The summed E-state index contributed by atoms with van der Waals surface area (Å²) in [5.74, 6) is -0.194. The van der Waals surface area contributed by atoms with Gasteiger partial charge in [-0.25, -0.2) is 13.9 Å². The molecule has 1 aliphatic rings. The molecule has 2 heterocycles. The summed E-state index contributed by atoms with van der Waals surface area (Å²) in [6, 6.07) is 12.4. The molecule has 3 N–H and O–H groups in total. The number of piperidine rings is 1. The molecule has 2 amide bonds. The summed E-state index contributed by atoms with van der Waals surface area (Å²) >= 11 is 0. The van der Waals surface area contributed by atoms with Gasteiger partial charge >= 0.3 is 12.4 Å². The molecule has 0 saturated carbocycles. The first-order valence-electron chi connectivity index (χ1n) is 12.7. The lowest BCUT2D eigenvalue weighted by Gasteiger charge is -2.26. The van der Waals surface area contributed by atoms with E-state index in [0.717, 1.165) is 0 Å². The van der Waals surface area contributed by atoms with Crippen molar-refractivity contribution in [2.45, 2.75) is 39.0 Å². The van der Waals surface area contributed by atoms with Crippen molar-refractivity contribution in [1.29, 1.82) is 0 Å². The highest BCUT2D eigenvalue weighted by atomic mass is 19.4. The number of halogens is 4. The predicted molar refractivity (Wildman–Crippen MR) is 139 cm³/mol. The van der Waals surface area contributed by atoms with E-state index in [1.807, 2.05) is 6.07 Å². The SMILES string of the molecule is COCc1ccc(OC(F)(F)F)c(CNC(=O)Nc2c(C)c(OC[C@H]3CCNC[C@H]3F)nn2-c2ccccc2)c1. The number of amides is 2. The standard InChI is InChI=1S/C27H31F4N5O4/c1-17-24(34-26(37)33-13-20-12-18(15-38-2)8-9-23(20)40-27(29,30)31)36(21-6-4-3-5-7-21)35-25(17)39-16-19-10-11-32-14-22(19)28/h3-9,12,19,22,32H,10-11,13-16H2,1-2H3,(H2,33,34,37)/t19-,22-/m1/s1. The smallest absolute Gasteiger partial charge is 0.476 e. The number of nitrogens with one attached hydrogen (secondary N) is 3. The van der Waals surface area contributed by atoms with E-state index in [1.165, 1.54) is 30.0 Å². The van der Waals surface area contributed by atoms with Crippen molar-refractivity contribution >= 4 is 11.8 Å². The number of para-hydroxylation sites is 1. The zero-order chi connectivity index (χ0) is 28.7. The van der Waals surface area contributed by atoms with Gasteiger partial charge in [0.2, 0.25) is 5.88 Å². The quantitative estimate of drug-likeness (QED) is 0.304. The van der Waals surface area contributed by atoms with Crippen molar-refractivity contribution in [3.05, 3.63) is 65.2 Å². The maximum Gasteiger partial charge on any atom is 0.573 e. The number of anilines is 1. The van der Waals surface area contributed by atoms with Gasteiger partial charge in [0.25, 0.3) is 0 Å². The maximum absolute atomic E-state index is 14.3. The highest BCUT2D eigenvalue weighted by Gasteiger charge is 2.32. The summed E-state index contributed by atoms with van der Waals surface area (Å²) in [6.45, 7) is 2.71. The van der Waals surface area contributed by atoms with E-state index in [1.54, 1.807) is 31.2 Å². The second-order valence-electron chi connectivity index (χ2n) is 9.34. The molecule has 4 rings (SSSR count). The van der Waals surface area contributed by atoms with Gasteiger partial charge in [-0.05, 0) is 49.7 Å². The number of benzene rings is 2. The van der Waals surface area contributed by atoms with E-state index in [2.05, 4.69) is 25.8 Å². The van der Waals surface area contributed by atoms with Gasteiger partial charge in [-0.1, -0.05) is 24.3 Å². The Morgan fingerprint density at radius 2 is 1.98 bits per heavy atom. The number of ether oxygens (including phenoxy) is 3. The van der Waals surface area contributed by atoms with Gasteiger partial charge in [0.05, 0.1) is 24.5 Å². The van der Waals surface area contributed by atoms with Crippen molar-refractivity contribution < 1.29 is 36.6 Å². The number of carbonyl (C=O) groups is 1. The molecule has 3 aromatic rings. The van der Waals surface area contributed by atoms with Gasteiger partial charge in [0.1, 0.15) is 17.7 Å². The van der Waals surface area contributed by atoms with E-state index in [0.29, 0.717) is 35.6 Å². The number of methoxy groups -OCH3 is 1. The van der Waals surface area contributed by atoms with Crippen molar-refractivity contribution in [2.75, 3.05) is 32.1 Å². The van der Waals surface area contributed by atoms with Crippen LogP contribution in [0.25, 0.3) is 5.69 Å². The maximum atomic E-state index is 14.3. The third kappa shape index (κ3) is 7.63. The highest BCUT2D eigenvalue weighted by molar-refractivity contribution is 5.89. The molecule has 0 unspecified atom stereocenters. The molecule has 1 saturated heterocycles. The van der Waals surface area contributed by atoms with Crippen LogP contribution in [0.5, 0.6) is 11.6 Å². The molecule has 1 fully saturated rings. The molecule has 13 heteroatoms. The van der Waals surface area contributed by atoms with E-state index in [4.69, 9.17) is 9.47 Å². The van der Waals surface area contributed by atoms with Crippen LogP contribution in [-0.4, -0.2) is 55.2 Å². The molecule has 1 aromatic heterocycles. The summed E-state index contributed by atoms with van der Waals surface area (Å²) in [7, 11) is 1.46. The lowest BCUT2D eigenvalue weighted by atomic mass is 9.97. The minimum Gasteiger partial charge on any atom is -0.476 e. The molecule has 0 radical (unpaired) electrons. The number of alkyl halides is 4. The van der Waals surface area contributed by atoms with Gasteiger partial charge < -0.3 is 24.8 Å². The fourth-order valence-corrected chi connectivity index (χ4v) is 4.34. The normalized spacial score (nSPS) is 17.4. The van der Waals surface area contributed by atoms with E-state index < -0.39 is 24.3 Å². The molecular weight excluding hydrogens is 534 g/mol. The summed E-state index contributed by atoms with van der Waals surface area (Å²) < 4.78 is 69.6. The van der Waals surface area contributed by atoms with Crippen LogP contribution in [0.4, 0.5) is 28.2 Å². The summed E-state index contributed by atoms with van der Waals surface area (Å²) in [6.07, 6.45) is -5.31. The van der Waals surface area contributed by atoms with Gasteiger partial charge in [-0.2, -0.15) is 0 Å². The molecule has 1 aliphatic heterocycles. The number of carbonyl (C=O) groups excluding carboxylic acids is 1. The number of urea groups is 1. The third-order valence-corrected chi connectivity index (χ3v) is 6.39. The lowest BCUT2D eigenvalue weighted by Crippen LogP contribution is -2.40. The summed E-state index contributed by atoms with van der Waals surface area (Å²) in [5, 5.41) is 12.8. The average Bonchev–Trinajstić information content (AvgIpc) is 3.22. The summed E-state index contributed by atoms with van der Waals surface area (Å²) in [5.41, 5.74) is 1.86. The second kappa shape index (κ2) is 13.0. The highest BCUT2D eigenvalue weighted by Crippen LogP contribution is 2.30. The summed E-state index contributed by atoms with van der Waals surface area (Å²) in [4.78, 5) is 12.9. The van der Waals surface area contributed by atoms with Gasteiger partial charge in [-0.15, -0.1) is 18.3 Å². The average molecular weight is 566 g/mol. The number of nitrogens with zero attached hydrogens (tertiary/aromatic N) is 2. The molecule has 0 bridgehead atoms. The van der Waals surface area contributed by atoms with E-state index >= 15 is 0 Å². The molecule has 0 aliphatic carbocycles. The largest absolute Gasteiger partial charge is 0.573 e. The van der Waals surface area contributed by atoms with Crippen LogP contribution in [0.15, 0.2) is 48.5 Å². The second-order valence-corrected chi connectivity index (χ2v) is 9.34. The van der Waals surface area contributed by atoms with Gasteiger partial charge in [0.15, 0.2) is 0 Å². The third-order valence-electron chi connectivity index (χ3n) is 6.39. The van der Waals surface area contributed by atoms with Crippen molar-refractivity contribution in [3.8, 4) is 17.3 Å². The Bertz CT molecular complexity index is 1290. The Kier molecular flexibility index (Phi) is 9.48. The van der Waals surface area contributed by atoms with Crippen LogP contribution in [0.2, 0.25) is 0 Å². The van der Waals surface area contributed by atoms with Crippen LogP contribution in [-0.2, 0) is 17.9 Å². The molecule has 0 spiro atoms. The van der Waals surface area contributed by atoms with Crippen LogP contribution in [0, 0.1) is 12.8 Å². The lowest BCUT2D eigenvalue weighted by molar-refractivity contribution is -0.274. The van der Waals surface area contributed by atoms with E-state index in [-0.39, 0.29) is 43.7 Å². The van der Waals surface area contributed by atoms with Gasteiger partial charge in [-0.3, -0.25) is 5.32 Å². The fraction of sp³-hybridized carbons (Fsp3) is 0.407. The fourth-order valence-electron chi connectivity index (χ4n) is 4.34. The first-order chi connectivity index (χ1) is 19.1. The Morgan fingerprint density at radius 1 is 1.20 bits per heavy atom. The Balaban J connectivity index is 1.52. The minimum absolute atomic E-state index is 0.113. The Hall–Kier alpha value is -3.84. The van der Waals surface area contributed by atoms with Crippen molar-refractivity contribution in [1.82, 2.24) is 20.4 Å². The molecule has 40 heavy (non-hydrogen) atoms. The van der Waals surface area contributed by atoms with Crippen LogP contribution >= 0.6 is 0 Å². The zero-order valence-electron chi connectivity index (χ0n) is 22.1. The number of rotatable bonds is 10. The number of aromatic nitrogens is 2. The molecule has 2 atom stereocenters. The number of hydrogen-bond acceptors (Lipinski definition) is 6. The predicted octanol–water partition coefficient (Wildman–Crippen LogP) is 4.87. The monoisotopic (exact) mass is 565 g/mol. The van der Waals surface area contributed by atoms with Crippen LogP contribution < -0.4 is 25.4 Å². The molecule has 9 nitrogen and oxygen atoms in total. The Morgan fingerprint density at radius 3 is 2.67 bits per heavy atom. The molecular formula is C27H31F4N5O4. The minimum atomic E-state index is -4.90.